The number of aliphatic carboxylic acids is 1. The summed E-state index contributed by atoms with van der Waals surface area (Å²) in [6.45, 7) is 9.21. The summed E-state index contributed by atoms with van der Waals surface area (Å²) in [5.41, 5.74) is 0.947. The second-order valence-electron chi connectivity index (χ2n) is 8.92. The van der Waals surface area contributed by atoms with E-state index in [2.05, 4.69) is 0 Å². The van der Waals surface area contributed by atoms with Crippen LogP contribution in [0.5, 0.6) is 17.4 Å². The third kappa shape index (κ3) is 6.23. The highest BCUT2D eigenvalue weighted by atomic mass is 16.5. The molecule has 6 heteroatoms. The van der Waals surface area contributed by atoms with Crippen LogP contribution in [0.25, 0.3) is 11.3 Å². The molecule has 0 bridgehead atoms. The summed E-state index contributed by atoms with van der Waals surface area (Å²) in [7, 11) is 0. The molecule has 0 aliphatic carbocycles. The van der Waals surface area contributed by atoms with Crippen LogP contribution in [0.2, 0.25) is 0 Å². The van der Waals surface area contributed by atoms with Gasteiger partial charge in [-0.1, -0.05) is 30.3 Å². The van der Waals surface area contributed by atoms with Gasteiger partial charge in [-0.25, -0.2) is 9.78 Å². The standard InChI is InChI=1S/C26H29NO5/c1-25(2,3)32-23-19(11-16-22(27-23)18-9-7-6-8-10-18)17-30-20-12-14-21(15-13-20)31-26(4,5)24(28)29/h6-16H,17H2,1-5H3,(H,28,29). The molecule has 0 radical (unpaired) electrons. The van der Waals surface area contributed by atoms with Crippen LogP contribution in [0.1, 0.15) is 40.2 Å². The van der Waals surface area contributed by atoms with Crippen LogP contribution in [-0.2, 0) is 11.4 Å². The second-order valence-corrected chi connectivity index (χ2v) is 8.92. The lowest BCUT2D eigenvalue weighted by atomic mass is 10.1. The van der Waals surface area contributed by atoms with E-state index < -0.39 is 17.2 Å². The highest BCUT2D eigenvalue weighted by Gasteiger charge is 2.29. The first-order valence-corrected chi connectivity index (χ1v) is 10.4. The van der Waals surface area contributed by atoms with Crippen LogP contribution >= 0.6 is 0 Å². The van der Waals surface area contributed by atoms with Gasteiger partial charge >= 0.3 is 5.97 Å². The maximum absolute atomic E-state index is 11.2. The van der Waals surface area contributed by atoms with Crippen molar-refractivity contribution in [3.63, 3.8) is 0 Å². The van der Waals surface area contributed by atoms with Gasteiger partial charge in [0, 0.05) is 5.56 Å². The Hall–Kier alpha value is -3.54. The van der Waals surface area contributed by atoms with Crippen molar-refractivity contribution >= 4 is 5.97 Å². The van der Waals surface area contributed by atoms with Gasteiger partial charge in [0.25, 0.3) is 0 Å². The maximum atomic E-state index is 11.2. The van der Waals surface area contributed by atoms with Crippen LogP contribution in [0.3, 0.4) is 0 Å². The van der Waals surface area contributed by atoms with Crippen LogP contribution in [0, 0.1) is 0 Å². The number of aromatic nitrogens is 1. The number of hydrogen-bond donors (Lipinski definition) is 1. The summed E-state index contributed by atoms with van der Waals surface area (Å²) in [5.74, 6) is 0.576. The van der Waals surface area contributed by atoms with Gasteiger partial charge in [-0.15, -0.1) is 0 Å². The minimum atomic E-state index is -1.31. The van der Waals surface area contributed by atoms with Gasteiger partial charge in [0.15, 0.2) is 5.60 Å². The van der Waals surface area contributed by atoms with Gasteiger partial charge in [0.2, 0.25) is 5.88 Å². The molecule has 168 valence electrons. The smallest absolute Gasteiger partial charge is 0.347 e. The zero-order valence-corrected chi connectivity index (χ0v) is 19.1. The molecule has 0 saturated heterocycles. The van der Waals surface area contributed by atoms with E-state index in [4.69, 9.17) is 19.2 Å². The predicted octanol–water partition coefficient (Wildman–Crippen LogP) is 5.75. The number of rotatable bonds is 8. The molecule has 3 aromatic rings. The molecule has 1 N–H and O–H groups in total. The van der Waals surface area contributed by atoms with Crippen LogP contribution < -0.4 is 14.2 Å². The Balaban J connectivity index is 1.75. The average molecular weight is 436 g/mol. The summed E-state index contributed by atoms with van der Waals surface area (Å²) in [5, 5.41) is 9.20. The molecule has 1 heterocycles. The molecule has 0 amide bonds. The zero-order chi connectivity index (χ0) is 23.4. The molecular weight excluding hydrogens is 406 g/mol. The van der Waals surface area contributed by atoms with Gasteiger partial charge in [-0.2, -0.15) is 0 Å². The lowest BCUT2D eigenvalue weighted by molar-refractivity contribution is -0.152. The maximum Gasteiger partial charge on any atom is 0.347 e. The van der Waals surface area contributed by atoms with Crippen LogP contribution in [-0.4, -0.2) is 27.3 Å². The van der Waals surface area contributed by atoms with E-state index in [0.29, 0.717) is 17.4 Å². The Morgan fingerprint density at radius 3 is 2.06 bits per heavy atom. The second kappa shape index (κ2) is 9.30. The molecule has 0 aliphatic rings. The van der Waals surface area contributed by atoms with Crippen molar-refractivity contribution in [2.45, 2.75) is 52.4 Å². The van der Waals surface area contributed by atoms with Crippen molar-refractivity contribution in [1.29, 1.82) is 0 Å². The first kappa shape index (κ1) is 23.1. The highest BCUT2D eigenvalue weighted by Crippen LogP contribution is 2.28. The molecule has 32 heavy (non-hydrogen) atoms. The topological polar surface area (TPSA) is 77.9 Å². The molecule has 0 fully saturated rings. The van der Waals surface area contributed by atoms with Crippen molar-refractivity contribution in [3.05, 3.63) is 72.3 Å². The summed E-state index contributed by atoms with van der Waals surface area (Å²) in [4.78, 5) is 16.0. The Morgan fingerprint density at radius 1 is 0.844 bits per heavy atom. The molecule has 0 atom stereocenters. The summed E-state index contributed by atoms with van der Waals surface area (Å²) >= 11 is 0. The first-order valence-electron chi connectivity index (χ1n) is 10.4. The predicted molar refractivity (Wildman–Crippen MR) is 123 cm³/mol. The third-order valence-corrected chi connectivity index (χ3v) is 4.52. The van der Waals surface area contributed by atoms with Crippen LogP contribution in [0.15, 0.2) is 66.7 Å². The van der Waals surface area contributed by atoms with E-state index in [1.807, 2.05) is 63.2 Å². The molecule has 0 aliphatic heterocycles. The van der Waals surface area contributed by atoms with Crippen molar-refractivity contribution in [2.75, 3.05) is 0 Å². The van der Waals surface area contributed by atoms with E-state index in [0.717, 1.165) is 16.8 Å². The lowest BCUT2D eigenvalue weighted by Crippen LogP contribution is -2.37. The molecule has 2 aromatic carbocycles. The monoisotopic (exact) mass is 435 g/mol. The normalized spacial score (nSPS) is 11.7. The molecule has 0 saturated carbocycles. The van der Waals surface area contributed by atoms with E-state index in [1.54, 1.807) is 24.3 Å². The lowest BCUT2D eigenvalue weighted by Gasteiger charge is -2.23. The molecule has 0 spiro atoms. The number of ether oxygens (including phenoxy) is 3. The van der Waals surface area contributed by atoms with Gasteiger partial charge in [-0.05, 0) is 71.0 Å². The van der Waals surface area contributed by atoms with E-state index in [9.17, 15) is 9.90 Å². The number of carboxylic acids is 1. The van der Waals surface area contributed by atoms with Crippen molar-refractivity contribution < 1.29 is 24.1 Å². The van der Waals surface area contributed by atoms with E-state index in [-0.39, 0.29) is 6.61 Å². The van der Waals surface area contributed by atoms with Crippen molar-refractivity contribution in [1.82, 2.24) is 4.98 Å². The third-order valence-electron chi connectivity index (χ3n) is 4.52. The Morgan fingerprint density at radius 2 is 1.47 bits per heavy atom. The molecule has 1 aromatic heterocycles. The van der Waals surface area contributed by atoms with Gasteiger partial charge in [0.05, 0.1) is 11.3 Å². The Bertz CT molecular complexity index is 1050. The van der Waals surface area contributed by atoms with Gasteiger partial charge < -0.3 is 19.3 Å². The number of nitrogens with zero attached hydrogens (tertiary/aromatic N) is 1. The van der Waals surface area contributed by atoms with Gasteiger partial charge in [-0.3, -0.25) is 0 Å². The van der Waals surface area contributed by atoms with E-state index in [1.165, 1.54) is 13.8 Å². The highest BCUT2D eigenvalue weighted by molar-refractivity contribution is 5.76. The minimum absolute atomic E-state index is 0.272. The molecule has 3 rings (SSSR count). The first-order chi connectivity index (χ1) is 15.0. The molecule has 6 nitrogen and oxygen atoms in total. The average Bonchev–Trinajstić information content (AvgIpc) is 2.73. The number of carboxylic acid groups (broad SMARTS) is 1. The fraction of sp³-hybridized carbons (Fsp3) is 0.308. The minimum Gasteiger partial charge on any atom is -0.489 e. The zero-order valence-electron chi connectivity index (χ0n) is 19.1. The molecular formula is C26H29NO5. The largest absolute Gasteiger partial charge is 0.489 e. The fourth-order valence-corrected chi connectivity index (χ4v) is 2.83. The van der Waals surface area contributed by atoms with Gasteiger partial charge in [0.1, 0.15) is 23.7 Å². The number of hydrogen-bond acceptors (Lipinski definition) is 5. The van der Waals surface area contributed by atoms with E-state index >= 15 is 0 Å². The number of benzene rings is 2. The quantitative estimate of drug-likeness (QED) is 0.486. The number of pyridine rings is 1. The fourth-order valence-electron chi connectivity index (χ4n) is 2.83. The molecule has 0 unspecified atom stereocenters. The van der Waals surface area contributed by atoms with Crippen molar-refractivity contribution in [3.8, 4) is 28.6 Å². The number of carbonyl (C=O) groups is 1. The van der Waals surface area contributed by atoms with Crippen molar-refractivity contribution in [2.24, 2.45) is 0 Å². The summed E-state index contributed by atoms with van der Waals surface area (Å²) in [6.07, 6.45) is 0. The SMILES string of the molecule is CC(C)(C)Oc1nc(-c2ccccc2)ccc1COc1ccc(OC(C)(C)C(=O)O)cc1. The Labute approximate surface area is 188 Å². The van der Waals surface area contributed by atoms with Crippen LogP contribution in [0.4, 0.5) is 0 Å². The summed E-state index contributed by atoms with van der Waals surface area (Å²) in [6, 6.07) is 20.7. The Kier molecular flexibility index (Phi) is 6.72. The summed E-state index contributed by atoms with van der Waals surface area (Å²) < 4.78 is 17.6.